The van der Waals surface area contributed by atoms with Gasteiger partial charge in [0.15, 0.2) is 0 Å². The fraction of sp³-hybridized carbons (Fsp3) is 0.818. The highest BCUT2D eigenvalue weighted by Gasteiger charge is 2.12. The predicted molar refractivity (Wildman–Crippen MR) is 55.9 cm³/mol. The lowest BCUT2D eigenvalue weighted by Crippen LogP contribution is -2.29. The number of rotatable bonds is 5. The highest BCUT2D eigenvalue weighted by molar-refractivity contribution is 4.81. The Morgan fingerprint density at radius 3 is 3.08 bits per heavy atom. The van der Waals surface area contributed by atoms with Crippen LogP contribution in [0.25, 0.3) is 0 Å². The van der Waals surface area contributed by atoms with E-state index in [1.165, 1.54) is 19.3 Å². The normalized spacial score (nSPS) is 25.5. The largest absolute Gasteiger partial charge is 0.378 e. The van der Waals surface area contributed by atoms with E-state index in [1.807, 2.05) is 6.08 Å². The van der Waals surface area contributed by atoms with E-state index in [-0.39, 0.29) is 0 Å². The quantitative estimate of drug-likeness (QED) is 0.659. The molecule has 1 rings (SSSR count). The molecule has 1 heterocycles. The first-order chi connectivity index (χ1) is 6.33. The summed E-state index contributed by atoms with van der Waals surface area (Å²) in [7, 11) is 0. The molecule has 13 heavy (non-hydrogen) atoms. The molecule has 0 saturated carbocycles. The topological polar surface area (TPSA) is 21.3 Å². The van der Waals surface area contributed by atoms with Gasteiger partial charge in [0.05, 0.1) is 6.10 Å². The highest BCUT2D eigenvalue weighted by atomic mass is 16.5. The molecule has 0 radical (unpaired) electrons. The second-order valence-electron chi connectivity index (χ2n) is 3.76. The summed E-state index contributed by atoms with van der Waals surface area (Å²) in [5.74, 6) is 0. The van der Waals surface area contributed by atoms with E-state index in [1.54, 1.807) is 0 Å². The van der Waals surface area contributed by atoms with Crippen LogP contribution in [-0.4, -0.2) is 25.3 Å². The van der Waals surface area contributed by atoms with E-state index in [0.717, 1.165) is 19.6 Å². The molecule has 2 unspecified atom stereocenters. The third-order valence-electron chi connectivity index (χ3n) is 2.56. The van der Waals surface area contributed by atoms with E-state index >= 15 is 0 Å². The average Bonchev–Trinajstić information content (AvgIpc) is 2.19. The standard InChI is InChI=1S/C11H21NO/c1-3-10(2)12-8-7-11-6-4-5-9-13-11/h3,10-12H,1,4-9H2,2H3. The van der Waals surface area contributed by atoms with Gasteiger partial charge in [-0.1, -0.05) is 6.08 Å². The van der Waals surface area contributed by atoms with Gasteiger partial charge in [0, 0.05) is 12.6 Å². The van der Waals surface area contributed by atoms with E-state index in [2.05, 4.69) is 18.8 Å². The third kappa shape index (κ3) is 4.44. The summed E-state index contributed by atoms with van der Waals surface area (Å²) in [5, 5.41) is 3.38. The van der Waals surface area contributed by atoms with Gasteiger partial charge in [-0.15, -0.1) is 6.58 Å². The first-order valence-corrected chi connectivity index (χ1v) is 5.30. The van der Waals surface area contributed by atoms with Crippen LogP contribution in [0.15, 0.2) is 12.7 Å². The molecule has 0 aromatic heterocycles. The summed E-state index contributed by atoms with van der Waals surface area (Å²) in [6, 6.07) is 0.420. The van der Waals surface area contributed by atoms with Gasteiger partial charge >= 0.3 is 0 Å². The summed E-state index contributed by atoms with van der Waals surface area (Å²) >= 11 is 0. The van der Waals surface area contributed by atoms with Crippen molar-refractivity contribution in [2.45, 2.75) is 44.8 Å². The Bertz CT molecular complexity index is 141. The Morgan fingerprint density at radius 2 is 2.46 bits per heavy atom. The number of hydrogen-bond acceptors (Lipinski definition) is 2. The SMILES string of the molecule is C=CC(C)NCCC1CCCCO1. The lowest BCUT2D eigenvalue weighted by atomic mass is 10.1. The molecule has 0 aromatic rings. The molecule has 1 aliphatic rings. The molecule has 0 aliphatic carbocycles. The van der Waals surface area contributed by atoms with Crippen LogP contribution in [0.4, 0.5) is 0 Å². The second kappa shape index (κ2) is 6.17. The maximum atomic E-state index is 5.63. The van der Waals surface area contributed by atoms with Crippen molar-refractivity contribution in [2.75, 3.05) is 13.2 Å². The van der Waals surface area contributed by atoms with Gasteiger partial charge < -0.3 is 10.1 Å². The first-order valence-electron chi connectivity index (χ1n) is 5.30. The van der Waals surface area contributed by atoms with Crippen LogP contribution in [0.5, 0.6) is 0 Å². The minimum absolute atomic E-state index is 0.420. The lowest BCUT2D eigenvalue weighted by molar-refractivity contribution is 0.0114. The zero-order valence-corrected chi connectivity index (χ0v) is 8.59. The van der Waals surface area contributed by atoms with Crippen molar-refractivity contribution >= 4 is 0 Å². The van der Waals surface area contributed by atoms with Crippen LogP contribution in [-0.2, 0) is 4.74 Å². The van der Waals surface area contributed by atoms with Gasteiger partial charge in [-0.25, -0.2) is 0 Å². The van der Waals surface area contributed by atoms with Gasteiger partial charge in [-0.3, -0.25) is 0 Å². The van der Waals surface area contributed by atoms with Gasteiger partial charge in [-0.05, 0) is 39.2 Å². The molecule has 0 spiro atoms. The fourth-order valence-electron chi connectivity index (χ4n) is 1.59. The second-order valence-corrected chi connectivity index (χ2v) is 3.76. The highest BCUT2D eigenvalue weighted by Crippen LogP contribution is 2.14. The average molecular weight is 183 g/mol. The van der Waals surface area contributed by atoms with E-state index in [4.69, 9.17) is 4.74 Å². The molecule has 0 amide bonds. The molecule has 76 valence electrons. The monoisotopic (exact) mass is 183 g/mol. The molecular formula is C11H21NO. The molecule has 2 nitrogen and oxygen atoms in total. The number of nitrogens with one attached hydrogen (secondary N) is 1. The summed E-state index contributed by atoms with van der Waals surface area (Å²) in [6.45, 7) is 7.85. The Hall–Kier alpha value is -0.340. The smallest absolute Gasteiger partial charge is 0.0587 e. The molecule has 1 saturated heterocycles. The first kappa shape index (κ1) is 10.7. The van der Waals surface area contributed by atoms with Crippen molar-refractivity contribution in [3.05, 3.63) is 12.7 Å². The molecule has 1 N–H and O–H groups in total. The maximum Gasteiger partial charge on any atom is 0.0587 e. The van der Waals surface area contributed by atoms with Crippen molar-refractivity contribution in [1.82, 2.24) is 5.32 Å². The maximum absolute atomic E-state index is 5.63. The molecule has 1 aliphatic heterocycles. The molecule has 2 heteroatoms. The van der Waals surface area contributed by atoms with Gasteiger partial charge in [0.2, 0.25) is 0 Å². The molecular weight excluding hydrogens is 162 g/mol. The Balaban J connectivity index is 2.01. The number of hydrogen-bond donors (Lipinski definition) is 1. The summed E-state index contributed by atoms with van der Waals surface area (Å²) in [6.07, 6.45) is 7.39. The van der Waals surface area contributed by atoms with Crippen LogP contribution in [0.2, 0.25) is 0 Å². The third-order valence-corrected chi connectivity index (χ3v) is 2.56. The Morgan fingerprint density at radius 1 is 1.62 bits per heavy atom. The van der Waals surface area contributed by atoms with Crippen molar-refractivity contribution < 1.29 is 4.74 Å². The van der Waals surface area contributed by atoms with Crippen molar-refractivity contribution in [2.24, 2.45) is 0 Å². The van der Waals surface area contributed by atoms with Crippen LogP contribution in [0.3, 0.4) is 0 Å². The van der Waals surface area contributed by atoms with Crippen molar-refractivity contribution in [3.8, 4) is 0 Å². The zero-order valence-electron chi connectivity index (χ0n) is 8.59. The van der Waals surface area contributed by atoms with Crippen LogP contribution in [0.1, 0.15) is 32.6 Å². The van der Waals surface area contributed by atoms with E-state index in [0.29, 0.717) is 12.1 Å². The van der Waals surface area contributed by atoms with E-state index in [9.17, 15) is 0 Å². The molecule has 1 fully saturated rings. The predicted octanol–water partition coefficient (Wildman–Crippen LogP) is 2.11. The van der Waals surface area contributed by atoms with Gasteiger partial charge in [0.25, 0.3) is 0 Å². The van der Waals surface area contributed by atoms with Crippen LogP contribution >= 0.6 is 0 Å². The van der Waals surface area contributed by atoms with Crippen LogP contribution in [0, 0.1) is 0 Å². The lowest BCUT2D eigenvalue weighted by Gasteiger charge is -2.23. The Labute approximate surface area is 81.4 Å². The summed E-state index contributed by atoms with van der Waals surface area (Å²) in [4.78, 5) is 0. The molecule has 0 aromatic carbocycles. The fourth-order valence-corrected chi connectivity index (χ4v) is 1.59. The van der Waals surface area contributed by atoms with Gasteiger partial charge in [0.1, 0.15) is 0 Å². The zero-order chi connectivity index (χ0) is 9.52. The van der Waals surface area contributed by atoms with Crippen LogP contribution < -0.4 is 5.32 Å². The van der Waals surface area contributed by atoms with Crippen molar-refractivity contribution in [3.63, 3.8) is 0 Å². The molecule has 0 bridgehead atoms. The summed E-state index contributed by atoms with van der Waals surface area (Å²) < 4.78 is 5.63. The minimum Gasteiger partial charge on any atom is -0.378 e. The van der Waals surface area contributed by atoms with E-state index < -0.39 is 0 Å². The minimum atomic E-state index is 0.420. The Kier molecular flexibility index (Phi) is 5.09. The summed E-state index contributed by atoms with van der Waals surface area (Å²) in [5.41, 5.74) is 0. The molecule has 2 atom stereocenters. The van der Waals surface area contributed by atoms with Gasteiger partial charge in [-0.2, -0.15) is 0 Å². The van der Waals surface area contributed by atoms with Crippen molar-refractivity contribution in [1.29, 1.82) is 0 Å². The number of ether oxygens (including phenoxy) is 1.